The van der Waals surface area contributed by atoms with E-state index in [0.29, 0.717) is 28.5 Å². The number of hydrogen-bond donors (Lipinski definition) is 1. The monoisotopic (exact) mass is 428 g/mol. The maximum absolute atomic E-state index is 12.6. The molecule has 1 saturated carbocycles. The van der Waals surface area contributed by atoms with Crippen molar-refractivity contribution in [3.8, 4) is 11.6 Å². The SMILES string of the molecule is CCn1c(SCC(=O)Nc2ccccc2SC2CCCC2)nnc1-c1ccco1. The Balaban J connectivity index is 1.39. The van der Waals surface area contributed by atoms with Crippen LogP contribution in [0.2, 0.25) is 0 Å². The van der Waals surface area contributed by atoms with Crippen molar-refractivity contribution in [1.82, 2.24) is 14.8 Å². The van der Waals surface area contributed by atoms with Gasteiger partial charge in [-0.25, -0.2) is 0 Å². The van der Waals surface area contributed by atoms with Crippen LogP contribution in [0.3, 0.4) is 0 Å². The molecule has 1 amide bonds. The van der Waals surface area contributed by atoms with Gasteiger partial charge in [0.2, 0.25) is 5.91 Å². The van der Waals surface area contributed by atoms with Gasteiger partial charge in [-0.15, -0.1) is 22.0 Å². The van der Waals surface area contributed by atoms with Crippen LogP contribution >= 0.6 is 23.5 Å². The summed E-state index contributed by atoms with van der Waals surface area (Å²) in [5.74, 6) is 1.59. The summed E-state index contributed by atoms with van der Waals surface area (Å²) in [6.07, 6.45) is 6.74. The topological polar surface area (TPSA) is 73.0 Å². The molecular weight excluding hydrogens is 404 g/mol. The van der Waals surface area contributed by atoms with E-state index in [1.165, 1.54) is 37.4 Å². The molecule has 1 aliphatic carbocycles. The molecule has 1 N–H and O–H groups in total. The van der Waals surface area contributed by atoms with E-state index >= 15 is 0 Å². The largest absolute Gasteiger partial charge is 0.461 e. The van der Waals surface area contributed by atoms with Crippen LogP contribution in [0.1, 0.15) is 32.6 Å². The van der Waals surface area contributed by atoms with E-state index in [9.17, 15) is 4.79 Å². The number of rotatable bonds is 8. The van der Waals surface area contributed by atoms with Gasteiger partial charge in [0.15, 0.2) is 16.7 Å². The molecule has 3 aromatic rings. The lowest BCUT2D eigenvalue weighted by molar-refractivity contribution is -0.113. The number of aromatic nitrogens is 3. The van der Waals surface area contributed by atoms with Crippen molar-refractivity contribution in [2.24, 2.45) is 0 Å². The Morgan fingerprint density at radius 3 is 2.79 bits per heavy atom. The Morgan fingerprint density at radius 2 is 2.03 bits per heavy atom. The number of nitrogens with zero attached hydrogens (tertiary/aromatic N) is 3. The van der Waals surface area contributed by atoms with Crippen LogP contribution in [0.4, 0.5) is 5.69 Å². The lowest BCUT2D eigenvalue weighted by atomic mass is 10.3. The van der Waals surface area contributed by atoms with Crippen molar-refractivity contribution in [2.45, 2.75) is 54.5 Å². The van der Waals surface area contributed by atoms with Gasteiger partial charge in [0, 0.05) is 16.7 Å². The maximum Gasteiger partial charge on any atom is 0.234 e. The highest BCUT2D eigenvalue weighted by Crippen LogP contribution is 2.38. The number of benzene rings is 1. The van der Waals surface area contributed by atoms with Gasteiger partial charge in [-0.05, 0) is 44.0 Å². The molecule has 0 aliphatic heterocycles. The van der Waals surface area contributed by atoms with Crippen molar-refractivity contribution in [3.05, 3.63) is 42.7 Å². The van der Waals surface area contributed by atoms with E-state index < -0.39 is 0 Å². The molecule has 0 radical (unpaired) electrons. The highest BCUT2D eigenvalue weighted by molar-refractivity contribution is 8.00. The summed E-state index contributed by atoms with van der Waals surface area (Å²) in [6.45, 7) is 2.73. The Kier molecular flexibility index (Phi) is 6.61. The van der Waals surface area contributed by atoms with Gasteiger partial charge < -0.3 is 9.73 Å². The number of hydrogen-bond acceptors (Lipinski definition) is 6. The summed E-state index contributed by atoms with van der Waals surface area (Å²) < 4.78 is 7.39. The first-order valence-corrected chi connectivity index (χ1v) is 11.8. The van der Waals surface area contributed by atoms with Crippen molar-refractivity contribution in [2.75, 3.05) is 11.1 Å². The zero-order valence-corrected chi connectivity index (χ0v) is 18.0. The smallest absolute Gasteiger partial charge is 0.234 e. The van der Waals surface area contributed by atoms with E-state index in [2.05, 4.69) is 21.6 Å². The van der Waals surface area contributed by atoms with Crippen molar-refractivity contribution < 1.29 is 9.21 Å². The van der Waals surface area contributed by atoms with Gasteiger partial charge in [-0.1, -0.05) is 36.7 Å². The Bertz CT molecular complexity index is 950. The second kappa shape index (κ2) is 9.54. The maximum atomic E-state index is 12.6. The van der Waals surface area contributed by atoms with Gasteiger partial charge >= 0.3 is 0 Å². The summed E-state index contributed by atoms with van der Waals surface area (Å²) in [6, 6.07) is 11.7. The number of nitrogens with one attached hydrogen (secondary N) is 1. The van der Waals surface area contributed by atoms with Crippen LogP contribution in [0.25, 0.3) is 11.6 Å². The average Bonchev–Trinajstić information content (AvgIpc) is 3.49. The summed E-state index contributed by atoms with van der Waals surface area (Å²) in [7, 11) is 0. The minimum atomic E-state index is -0.0420. The van der Waals surface area contributed by atoms with E-state index in [1.807, 2.05) is 53.6 Å². The van der Waals surface area contributed by atoms with E-state index in [4.69, 9.17) is 4.42 Å². The second-order valence-corrected chi connectivity index (χ2v) is 9.17. The van der Waals surface area contributed by atoms with Crippen LogP contribution in [-0.4, -0.2) is 31.7 Å². The molecule has 0 spiro atoms. The van der Waals surface area contributed by atoms with E-state index in [-0.39, 0.29) is 11.7 Å². The Morgan fingerprint density at radius 1 is 1.21 bits per heavy atom. The highest BCUT2D eigenvalue weighted by atomic mass is 32.2. The molecule has 0 unspecified atom stereocenters. The second-order valence-electron chi connectivity index (χ2n) is 6.89. The van der Waals surface area contributed by atoms with Crippen LogP contribution in [0, 0.1) is 0 Å². The van der Waals surface area contributed by atoms with Gasteiger partial charge in [-0.2, -0.15) is 0 Å². The van der Waals surface area contributed by atoms with Crippen molar-refractivity contribution in [1.29, 1.82) is 0 Å². The first-order chi connectivity index (χ1) is 14.2. The minimum Gasteiger partial charge on any atom is -0.461 e. The molecule has 2 aromatic heterocycles. The molecule has 6 nitrogen and oxygen atoms in total. The standard InChI is InChI=1S/C21H24N4O2S2/c1-2-25-20(17-11-7-13-27-17)23-24-21(25)28-14-19(26)22-16-10-5-6-12-18(16)29-15-8-3-4-9-15/h5-7,10-13,15H,2-4,8-9,14H2,1H3,(H,22,26). The fourth-order valence-corrected chi connectivity index (χ4v) is 5.58. The fourth-order valence-electron chi connectivity index (χ4n) is 3.44. The lowest BCUT2D eigenvalue weighted by Gasteiger charge is -2.14. The zero-order valence-electron chi connectivity index (χ0n) is 16.3. The molecule has 1 aliphatic rings. The van der Waals surface area contributed by atoms with E-state index in [1.54, 1.807) is 6.26 Å². The van der Waals surface area contributed by atoms with Crippen molar-refractivity contribution in [3.63, 3.8) is 0 Å². The highest BCUT2D eigenvalue weighted by Gasteiger charge is 2.19. The first-order valence-electron chi connectivity index (χ1n) is 9.90. The third-order valence-corrected chi connectivity index (χ3v) is 7.25. The summed E-state index contributed by atoms with van der Waals surface area (Å²) >= 11 is 3.27. The van der Waals surface area contributed by atoms with E-state index in [0.717, 1.165) is 10.6 Å². The van der Waals surface area contributed by atoms with Crippen LogP contribution < -0.4 is 5.32 Å². The molecule has 1 fully saturated rings. The number of carbonyl (C=O) groups is 1. The molecule has 0 atom stereocenters. The number of thioether (sulfide) groups is 2. The predicted octanol–water partition coefficient (Wildman–Crippen LogP) is 5.32. The number of furan rings is 1. The predicted molar refractivity (Wildman–Crippen MR) is 117 cm³/mol. The van der Waals surface area contributed by atoms with Gasteiger partial charge in [0.1, 0.15) is 0 Å². The third-order valence-electron chi connectivity index (χ3n) is 4.86. The van der Waals surface area contributed by atoms with Crippen LogP contribution in [0.5, 0.6) is 0 Å². The lowest BCUT2D eigenvalue weighted by Crippen LogP contribution is -2.15. The number of para-hydroxylation sites is 1. The Labute approximate surface area is 178 Å². The molecule has 0 saturated heterocycles. The Hall–Kier alpha value is -2.19. The molecule has 29 heavy (non-hydrogen) atoms. The summed E-state index contributed by atoms with van der Waals surface area (Å²) in [5.41, 5.74) is 0.892. The third kappa shape index (κ3) is 4.87. The van der Waals surface area contributed by atoms with Gasteiger partial charge in [0.05, 0.1) is 17.7 Å². The molecule has 152 valence electrons. The van der Waals surface area contributed by atoms with Gasteiger partial charge in [0.25, 0.3) is 0 Å². The zero-order chi connectivity index (χ0) is 20.1. The number of anilines is 1. The molecule has 4 rings (SSSR count). The number of amides is 1. The fraction of sp³-hybridized carbons (Fsp3) is 0.381. The summed E-state index contributed by atoms with van der Waals surface area (Å²) in [5, 5.41) is 12.9. The van der Waals surface area contributed by atoms with Crippen molar-refractivity contribution >= 4 is 35.1 Å². The van der Waals surface area contributed by atoms with Gasteiger partial charge in [-0.3, -0.25) is 9.36 Å². The molecule has 1 aromatic carbocycles. The minimum absolute atomic E-state index is 0.0420. The molecule has 8 heteroatoms. The van der Waals surface area contributed by atoms with Crippen LogP contribution in [-0.2, 0) is 11.3 Å². The summed E-state index contributed by atoms with van der Waals surface area (Å²) in [4.78, 5) is 13.7. The average molecular weight is 429 g/mol. The quantitative estimate of drug-likeness (QED) is 0.489. The first kappa shape index (κ1) is 20.1. The van der Waals surface area contributed by atoms with Crippen LogP contribution in [0.15, 0.2) is 57.1 Å². The molecule has 0 bridgehead atoms. The number of carbonyl (C=O) groups excluding carboxylic acids is 1. The normalized spacial score (nSPS) is 14.4. The molecule has 2 heterocycles. The molecular formula is C21H24N4O2S2.